The fraction of sp³-hybridized carbons (Fsp3) is 0.429. The van der Waals surface area contributed by atoms with Crippen molar-refractivity contribution in [3.8, 4) is 0 Å². The lowest BCUT2D eigenvalue weighted by molar-refractivity contribution is 0.144. The van der Waals surface area contributed by atoms with Crippen LogP contribution in [0, 0.1) is 11.7 Å². The second-order valence-corrected chi connectivity index (χ2v) is 6.32. The number of aliphatic hydroxyl groups is 2. The molecule has 0 aromatic heterocycles. The molecule has 2 aromatic rings. The maximum Gasteiger partial charge on any atom is 0.126 e. The number of hydrogen-bond acceptors (Lipinski definition) is 2. The van der Waals surface area contributed by atoms with Gasteiger partial charge in [0, 0.05) is 19.1 Å². The van der Waals surface area contributed by atoms with Crippen LogP contribution >= 0.6 is 0 Å². The Morgan fingerprint density at radius 2 is 1.58 bits per heavy atom. The molecule has 0 radical (unpaired) electrons. The van der Waals surface area contributed by atoms with E-state index in [0.29, 0.717) is 6.42 Å². The molecule has 0 aliphatic heterocycles. The monoisotopic (exact) mass is 330 g/mol. The average Bonchev–Trinajstić information content (AvgIpc) is 2.62. The summed E-state index contributed by atoms with van der Waals surface area (Å²) in [5, 5.41) is 18.3. The molecular weight excluding hydrogens is 303 g/mol. The Kier molecular flexibility index (Phi) is 7.41. The van der Waals surface area contributed by atoms with Crippen LogP contribution in [0.5, 0.6) is 0 Å². The minimum absolute atomic E-state index is 0.0257. The lowest BCUT2D eigenvalue weighted by Gasteiger charge is -2.13. The number of aryl methyl sites for hydroxylation is 4. The van der Waals surface area contributed by atoms with Gasteiger partial charge < -0.3 is 10.2 Å². The summed E-state index contributed by atoms with van der Waals surface area (Å²) in [5.41, 5.74) is 4.56. The first-order chi connectivity index (χ1) is 11.7. The Labute approximate surface area is 144 Å². The van der Waals surface area contributed by atoms with E-state index in [9.17, 15) is 4.39 Å². The zero-order valence-corrected chi connectivity index (χ0v) is 14.3. The summed E-state index contributed by atoms with van der Waals surface area (Å²) in [5.74, 6) is -0.179. The molecule has 2 aromatic carbocycles. The van der Waals surface area contributed by atoms with Crippen molar-refractivity contribution in [3.05, 3.63) is 70.5 Å². The molecule has 0 heterocycles. The molecule has 0 spiro atoms. The lowest BCUT2D eigenvalue weighted by atomic mass is 9.93. The molecule has 2 N–H and O–H groups in total. The molecule has 0 amide bonds. The van der Waals surface area contributed by atoms with Crippen LogP contribution in [0.2, 0.25) is 0 Å². The molecule has 0 aliphatic carbocycles. The number of halogens is 1. The van der Waals surface area contributed by atoms with Crippen LogP contribution in [0.4, 0.5) is 4.39 Å². The highest BCUT2D eigenvalue weighted by molar-refractivity contribution is 5.33. The predicted octanol–water partition coefficient (Wildman–Crippen LogP) is 3.71. The molecular formula is C21H27FO2. The van der Waals surface area contributed by atoms with Gasteiger partial charge in [-0.1, -0.05) is 43.3 Å². The third-order valence-corrected chi connectivity index (χ3v) is 4.63. The van der Waals surface area contributed by atoms with Gasteiger partial charge >= 0.3 is 0 Å². The summed E-state index contributed by atoms with van der Waals surface area (Å²) >= 11 is 0. The summed E-state index contributed by atoms with van der Waals surface area (Å²) in [7, 11) is 0. The third kappa shape index (κ3) is 5.15. The predicted molar refractivity (Wildman–Crippen MR) is 95.6 cm³/mol. The minimum atomic E-state index is -0.133. The first-order valence-corrected chi connectivity index (χ1v) is 8.73. The maximum atomic E-state index is 13.7. The van der Waals surface area contributed by atoms with Crippen LogP contribution in [0.25, 0.3) is 0 Å². The van der Waals surface area contributed by atoms with Crippen molar-refractivity contribution < 1.29 is 14.6 Å². The van der Waals surface area contributed by atoms with Crippen LogP contribution in [0.1, 0.15) is 35.6 Å². The van der Waals surface area contributed by atoms with E-state index in [1.807, 2.05) is 12.1 Å². The van der Waals surface area contributed by atoms with E-state index >= 15 is 0 Å². The molecule has 0 unspecified atom stereocenters. The SMILES string of the molecule is CCc1cc(CCC(CO)CO)ccc1CCc1ccccc1F. The number of hydrogen-bond donors (Lipinski definition) is 2. The van der Waals surface area contributed by atoms with E-state index in [1.54, 1.807) is 6.07 Å². The second kappa shape index (κ2) is 9.55. The number of benzene rings is 2. The van der Waals surface area contributed by atoms with Gasteiger partial charge in [-0.3, -0.25) is 0 Å². The van der Waals surface area contributed by atoms with Gasteiger partial charge in [0.25, 0.3) is 0 Å². The maximum absolute atomic E-state index is 13.7. The largest absolute Gasteiger partial charge is 0.396 e. The molecule has 0 bridgehead atoms. The molecule has 0 saturated carbocycles. The summed E-state index contributed by atoms with van der Waals surface area (Å²) in [6.07, 6.45) is 4.12. The molecule has 3 heteroatoms. The van der Waals surface area contributed by atoms with Gasteiger partial charge in [0.2, 0.25) is 0 Å². The zero-order chi connectivity index (χ0) is 17.4. The first-order valence-electron chi connectivity index (χ1n) is 8.73. The fourth-order valence-corrected chi connectivity index (χ4v) is 2.99. The van der Waals surface area contributed by atoms with Crippen molar-refractivity contribution in [3.63, 3.8) is 0 Å². The van der Waals surface area contributed by atoms with Gasteiger partial charge in [-0.05, 0) is 60.4 Å². The number of aliphatic hydroxyl groups excluding tert-OH is 2. The second-order valence-electron chi connectivity index (χ2n) is 6.32. The quantitative estimate of drug-likeness (QED) is 0.736. The van der Waals surface area contributed by atoms with E-state index in [0.717, 1.165) is 31.2 Å². The molecule has 0 fully saturated rings. The highest BCUT2D eigenvalue weighted by Crippen LogP contribution is 2.19. The molecule has 2 nitrogen and oxygen atoms in total. The van der Waals surface area contributed by atoms with Crippen LogP contribution in [-0.4, -0.2) is 23.4 Å². The minimum Gasteiger partial charge on any atom is -0.396 e. The van der Waals surface area contributed by atoms with Gasteiger partial charge in [-0.25, -0.2) is 4.39 Å². The van der Waals surface area contributed by atoms with Gasteiger partial charge in [0.15, 0.2) is 0 Å². The van der Waals surface area contributed by atoms with Crippen LogP contribution in [0.3, 0.4) is 0 Å². The van der Waals surface area contributed by atoms with Crippen molar-refractivity contribution in [2.24, 2.45) is 5.92 Å². The van der Waals surface area contributed by atoms with Crippen molar-refractivity contribution in [1.82, 2.24) is 0 Å². The van der Waals surface area contributed by atoms with E-state index in [1.165, 1.54) is 22.8 Å². The van der Waals surface area contributed by atoms with Gasteiger partial charge in [0.05, 0.1) is 0 Å². The Hall–Kier alpha value is -1.71. The molecule has 0 saturated heterocycles. The van der Waals surface area contributed by atoms with Gasteiger partial charge in [-0.2, -0.15) is 0 Å². The Morgan fingerprint density at radius 1 is 0.875 bits per heavy atom. The third-order valence-electron chi connectivity index (χ3n) is 4.63. The number of rotatable bonds is 9. The molecule has 0 atom stereocenters. The van der Waals surface area contributed by atoms with Crippen molar-refractivity contribution in [1.29, 1.82) is 0 Å². The van der Waals surface area contributed by atoms with E-state index in [-0.39, 0.29) is 24.9 Å². The van der Waals surface area contributed by atoms with E-state index in [4.69, 9.17) is 10.2 Å². The molecule has 0 aliphatic rings. The smallest absolute Gasteiger partial charge is 0.126 e. The topological polar surface area (TPSA) is 40.5 Å². The molecule has 2 rings (SSSR count). The van der Waals surface area contributed by atoms with Crippen LogP contribution < -0.4 is 0 Å². The average molecular weight is 330 g/mol. The van der Waals surface area contributed by atoms with E-state index < -0.39 is 0 Å². The van der Waals surface area contributed by atoms with Crippen LogP contribution in [0.15, 0.2) is 42.5 Å². The fourth-order valence-electron chi connectivity index (χ4n) is 2.99. The summed E-state index contributed by atoms with van der Waals surface area (Å²) in [4.78, 5) is 0. The standard InChI is InChI=1S/C21H27FO2/c1-2-18-13-16(7-8-17(14-23)15-24)9-10-19(18)11-12-20-5-3-4-6-21(20)22/h3-6,9-10,13,17,23-24H,2,7-8,11-12,14-15H2,1H3. The van der Waals surface area contributed by atoms with E-state index in [2.05, 4.69) is 25.1 Å². The lowest BCUT2D eigenvalue weighted by Crippen LogP contribution is -2.12. The normalized spacial score (nSPS) is 11.2. The molecule has 24 heavy (non-hydrogen) atoms. The summed E-state index contributed by atoms with van der Waals surface area (Å²) in [6.45, 7) is 2.19. The van der Waals surface area contributed by atoms with Gasteiger partial charge in [-0.15, -0.1) is 0 Å². The highest BCUT2D eigenvalue weighted by Gasteiger charge is 2.09. The van der Waals surface area contributed by atoms with Crippen molar-refractivity contribution in [2.75, 3.05) is 13.2 Å². The highest BCUT2D eigenvalue weighted by atomic mass is 19.1. The molecule has 130 valence electrons. The first kappa shape index (κ1) is 18.6. The van der Waals surface area contributed by atoms with Crippen molar-refractivity contribution in [2.45, 2.75) is 39.0 Å². The zero-order valence-electron chi connectivity index (χ0n) is 14.3. The van der Waals surface area contributed by atoms with Crippen molar-refractivity contribution >= 4 is 0 Å². The summed E-state index contributed by atoms with van der Waals surface area (Å²) in [6, 6.07) is 13.4. The summed E-state index contributed by atoms with van der Waals surface area (Å²) < 4.78 is 13.7. The van der Waals surface area contributed by atoms with Gasteiger partial charge in [0.1, 0.15) is 5.82 Å². The Bertz CT molecular complexity index is 635. The Balaban J connectivity index is 2.02. The Morgan fingerprint density at radius 3 is 2.25 bits per heavy atom. The van der Waals surface area contributed by atoms with Crippen LogP contribution in [-0.2, 0) is 25.7 Å².